The molecule has 0 aliphatic heterocycles. The van der Waals surface area contributed by atoms with Crippen LogP contribution in [-0.2, 0) is 17.7 Å². The number of ether oxygens (including phenoxy) is 2. The van der Waals surface area contributed by atoms with E-state index in [0.29, 0.717) is 23.8 Å². The zero-order chi connectivity index (χ0) is 18.2. The predicted octanol–water partition coefficient (Wildman–Crippen LogP) is 2.97. The van der Waals surface area contributed by atoms with E-state index >= 15 is 0 Å². The molecule has 0 amide bonds. The maximum Gasteiger partial charge on any atom is 0.341 e. The van der Waals surface area contributed by atoms with E-state index in [1.165, 1.54) is 19.8 Å². The fraction of sp³-hybridized carbons (Fsp3) is 0.263. The molecule has 6 heteroatoms. The first-order valence-electron chi connectivity index (χ1n) is 7.98. The van der Waals surface area contributed by atoms with Crippen molar-refractivity contribution in [2.75, 3.05) is 19.5 Å². The normalized spacial score (nSPS) is 11.1. The summed E-state index contributed by atoms with van der Waals surface area (Å²) in [7, 11) is 2.84. The van der Waals surface area contributed by atoms with Crippen molar-refractivity contribution in [1.82, 2.24) is 0 Å². The van der Waals surface area contributed by atoms with Crippen LogP contribution in [0, 0.1) is 0 Å². The Morgan fingerprint density at radius 1 is 1.16 bits per heavy atom. The van der Waals surface area contributed by atoms with Gasteiger partial charge in [-0.25, -0.2) is 9.79 Å². The SMILES string of the molecule is CCc1cccc(NC(N)=NCc2ccc(OC)c(C(=O)OC)c2)c1. The zero-order valence-corrected chi connectivity index (χ0v) is 14.7. The summed E-state index contributed by atoms with van der Waals surface area (Å²) in [4.78, 5) is 16.1. The molecule has 0 radical (unpaired) electrons. The molecule has 0 saturated carbocycles. The van der Waals surface area contributed by atoms with Crippen molar-refractivity contribution in [3.05, 3.63) is 59.2 Å². The van der Waals surface area contributed by atoms with Crippen molar-refractivity contribution in [1.29, 1.82) is 0 Å². The molecule has 0 aliphatic carbocycles. The lowest BCUT2D eigenvalue weighted by molar-refractivity contribution is 0.0597. The van der Waals surface area contributed by atoms with Gasteiger partial charge in [-0.2, -0.15) is 0 Å². The lowest BCUT2D eigenvalue weighted by atomic mass is 10.1. The Bertz CT molecular complexity index is 772. The van der Waals surface area contributed by atoms with Crippen LogP contribution in [0.4, 0.5) is 5.69 Å². The molecule has 0 aliphatic rings. The van der Waals surface area contributed by atoms with Gasteiger partial charge in [-0.1, -0.05) is 25.1 Å². The largest absolute Gasteiger partial charge is 0.496 e. The number of aliphatic imine (C=N–C) groups is 1. The molecule has 0 fully saturated rings. The molecular formula is C19H23N3O3. The van der Waals surface area contributed by atoms with Gasteiger partial charge in [-0.05, 0) is 41.8 Å². The van der Waals surface area contributed by atoms with Gasteiger partial charge in [0.05, 0.1) is 20.8 Å². The molecule has 132 valence electrons. The van der Waals surface area contributed by atoms with E-state index in [1.54, 1.807) is 12.1 Å². The number of nitrogens with two attached hydrogens (primary N) is 1. The third-order valence-corrected chi connectivity index (χ3v) is 3.71. The number of methoxy groups -OCH3 is 2. The van der Waals surface area contributed by atoms with Crippen molar-refractivity contribution in [3.63, 3.8) is 0 Å². The number of nitrogens with one attached hydrogen (secondary N) is 1. The van der Waals surface area contributed by atoms with Crippen LogP contribution in [0.1, 0.15) is 28.4 Å². The molecule has 2 aromatic carbocycles. The Morgan fingerprint density at radius 3 is 2.64 bits per heavy atom. The first kappa shape index (κ1) is 18.3. The summed E-state index contributed by atoms with van der Waals surface area (Å²) in [5, 5.41) is 3.07. The van der Waals surface area contributed by atoms with Crippen LogP contribution in [0.3, 0.4) is 0 Å². The van der Waals surface area contributed by atoms with Crippen LogP contribution >= 0.6 is 0 Å². The summed E-state index contributed by atoms with van der Waals surface area (Å²) < 4.78 is 9.94. The number of carbonyl (C=O) groups is 1. The van der Waals surface area contributed by atoms with E-state index in [4.69, 9.17) is 15.2 Å². The summed E-state index contributed by atoms with van der Waals surface area (Å²) in [5.41, 5.74) is 9.25. The molecule has 0 heterocycles. The molecule has 6 nitrogen and oxygen atoms in total. The van der Waals surface area contributed by atoms with E-state index < -0.39 is 5.97 Å². The quantitative estimate of drug-likeness (QED) is 0.479. The topological polar surface area (TPSA) is 85.9 Å². The van der Waals surface area contributed by atoms with Gasteiger partial charge in [-0.3, -0.25) is 0 Å². The molecule has 2 rings (SSSR count). The summed E-state index contributed by atoms with van der Waals surface area (Å²) in [6.45, 7) is 2.43. The van der Waals surface area contributed by atoms with Crippen LogP contribution < -0.4 is 15.8 Å². The summed E-state index contributed by atoms with van der Waals surface area (Å²) >= 11 is 0. The van der Waals surface area contributed by atoms with Gasteiger partial charge < -0.3 is 20.5 Å². The second kappa shape index (κ2) is 8.73. The molecule has 2 aromatic rings. The van der Waals surface area contributed by atoms with Crippen molar-refractivity contribution in [2.24, 2.45) is 10.7 Å². The highest BCUT2D eigenvalue weighted by Gasteiger charge is 2.13. The Balaban J connectivity index is 2.10. The number of esters is 1. The van der Waals surface area contributed by atoms with E-state index in [9.17, 15) is 4.79 Å². The molecule has 0 atom stereocenters. The fourth-order valence-electron chi connectivity index (χ4n) is 2.36. The van der Waals surface area contributed by atoms with Crippen LogP contribution in [0.15, 0.2) is 47.5 Å². The average Bonchev–Trinajstić information content (AvgIpc) is 2.65. The maximum atomic E-state index is 11.8. The smallest absolute Gasteiger partial charge is 0.341 e. The highest BCUT2D eigenvalue weighted by Crippen LogP contribution is 2.21. The minimum Gasteiger partial charge on any atom is -0.496 e. The van der Waals surface area contributed by atoms with Gasteiger partial charge in [-0.15, -0.1) is 0 Å². The van der Waals surface area contributed by atoms with Crippen LogP contribution in [0.5, 0.6) is 5.75 Å². The van der Waals surface area contributed by atoms with Gasteiger partial charge in [0.15, 0.2) is 5.96 Å². The number of hydrogen-bond donors (Lipinski definition) is 2. The predicted molar refractivity (Wildman–Crippen MR) is 99.1 cm³/mol. The summed E-state index contributed by atoms with van der Waals surface area (Å²) in [6.07, 6.45) is 0.953. The number of aryl methyl sites for hydroxylation is 1. The van der Waals surface area contributed by atoms with Gasteiger partial charge in [0, 0.05) is 5.69 Å². The van der Waals surface area contributed by atoms with Crippen LogP contribution in [-0.4, -0.2) is 26.1 Å². The number of nitrogens with zero attached hydrogens (tertiary/aromatic N) is 1. The number of hydrogen-bond acceptors (Lipinski definition) is 4. The monoisotopic (exact) mass is 341 g/mol. The summed E-state index contributed by atoms with van der Waals surface area (Å²) in [6, 6.07) is 13.2. The second-order valence-electron chi connectivity index (χ2n) is 5.41. The van der Waals surface area contributed by atoms with Crippen LogP contribution in [0.2, 0.25) is 0 Å². The number of benzene rings is 2. The van der Waals surface area contributed by atoms with E-state index in [-0.39, 0.29) is 0 Å². The van der Waals surface area contributed by atoms with Gasteiger partial charge in [0.1, 0.15) is 11.3 Å². The third-order valence-electron chi connectivity index (χ3n) is 3.71. The molecule has 25 heavy (non-hydrogen) atoms. The van der Waals surface area contributed by atoms with Crippen LogP contribution in [0.25, 0.3) is 0 Å². The standard InChI is InChI=1S/C19H23N3O3/c1-4-13-6-5-7-15(10-13)22-19(20)21-12-14-8-9-17(24-2)16(11-14)18(23)25-3/h5-11H,4,12H2,1-3H3,(H3,20,21,22). The minimum absolute atomic E-state index is 0.309. The number of guanidine groups is 1. The molecule has 0 bridgehead atoms. The lowest BCUT2D eigenvalue weighted by Gasteiger charge is -2.09. The first-order chi connectivity index (χ1) is 12.1. The van der Waals surface area contributed by atoms with Gasteiger partial charge in [0.25, 0.3) is 0 Å². The third kappa shape index (κ3) is 4.97. The fourth-order valence-corrected chi connectivity index (χ4v) is 2.36. The summed E-state index contributed by atoms with van der Waals surface area (Å²) in [5.74, 6) is 0.316. The number of rotatable bonds is 6. The highest BCUT2D eigenvalue weighted by atomic mass is 16.5. The van der Waals surface area contributed by atoms with E-state index in [1.807, 2.05) is 24.3 Å². The van der Waals surface area contributed by atoms with Crippen molar-refractivity contribution in [2.45, 2.75) is 19.9 Å². The Morgan fingerprint density at radius 2 is 1.96 bits per heavy atom. The first-order valence-corrected chi connectivity index (χ1v) is 7.98. The average molecular weight is 341 g/mol. The molecule has 0 spiro atoms. The Hall–Kier alpha value is -3.02. The number of anilines is 1. The van der Waals surface area contributed by atoms with Gasteiger partial charge in [0.2, 0.25) is 0 Å². The lowest BCUT2D eigenvalue weighted by Crippen LogP contribution is -2.22. The molecule has 0 saturated heterocycles. The molecule has 0 unspecified atom stereocenters. The van der Waals surface area contributed by atoms with Crippen molar-refractivity contribution >= 4 is 17.6 Å². The Labute approximate surface area is 147 Å². The van der Waals surface area contributed by atoms with Crippen molar-refractivity contribution in [3.8, 4) is 5.75 Å². The molecular weight excluding hydrogens is 318 g/mol. The van der Waals surface area contributed by atoms with Crippen molar-refractivity contribution < 1.29 is 14.3 Å². The second-order valence-corrected chi connectivity index (χ2v) is 5.41. The maximum absolute atomic E-state index is 11.8. The Kier molecular flexibility index (Phi) is 6.39. The van der Waals surface area contributed by atoms with E-state index in [2.05, 4.69) is 23.3 Å². The number of carbonyl (C=O) groups excluding carboxylic acids is 1. The van der Waals surface area contributed by atoms with Gasteiger partial charge >= 0.3 is 5.97 Å². The molecule has 0 aromatic heterocycles. The minimum atomic E-state index is -0.454. The molecule has 3 N–H and O–H groups in total. The zero-order valence-electron chi connectivity index (χ0n) is 14.7. The highest BCUT2D eigenvalue weighted by molar-refractivity contribution is 5.93. The van der Waals surface area contributed by atoms with E-state index in [0.717, 1.165) is 17.7 Å².